The van der Waals surface area contributed by atoms with Crippen LogP contribution in [0, 0.1) is 0 Å². The van der Waals surface area contributed by atoms with E-state index in [0.717, 1.165) is 12.8 Å². The van der Waals surface area contributed by atoms with Gasteiger partial charge in [0.25, 0.3) is 0 Å². The molecule has 0 aliphatic carbocycles. The lowest BCUT2D eigenvalue weighted by molar-refractivity contribution is 0.0734. The average molecular weight is 146 g/mol. The molecule has 1 unspecified atom stereocenters. The largest absolute Gasteiger partial charge is 0.371 e. The van der Waals surface area contributed by atoms with Crippen LogP contribution in [0.15, 0.2) is 12.4 Å². The highest BCUT2D eigenvalue weighted by atomic mass is 19.1. The Balaban J connectivity index is 3.21. The molecule has 0 radical (unpaired) electrons. The maximum Gasteiger partial charge on any atom is 0.121 e. The highest BCUT2D eigenvalue weighted by Gasteiger charge is 2.03. The Hall–Kier alpha value is -0.370. The fourth-order valence-electron chi connectivity index (χ4n) is 0.495. The molecule has 0 spiro atoms. The van der Waals surface area contributed by atoms with E-state index in [9.17, 15) is 4.39 Å². The van der Waals surface area contributed by atoms with Crippen LogP contribution in [0.5, 0.6) is 0 Å². The summed E-state index contributed by atoms with van der Waals surface area (Å²) in [5.74, 6) is -0.392. The minimum absolute atomic E-state index is 0.392. The molecule has 10 heavy (non-hydrogen) atoms. The summed E-state index contributed by atoms with van der Waals surface area (Å²) in [5, 5.41) is 0. The van der Waals surface area contributed by atoms with Gasteiger partial charge < -0.3 is 4.74 Å². The van der Waals surface area contributed by atoms with Gasteiger partial charge in [0.05, 0.1) is 0 Å². The first-order chi connectivity index (χ1) is 4.68. The van der Waals surface area contributed by atoms with Gasteiger partial charge in [-0.25, -0.2) is 4.39 Å². The molecule has 0 bridgehead atoms. The van der Waals surface area contributed by atoms with E-state index in [0.29, 0.717) is 6.61 Å². The summed E-state index contributed by atoms with van der Waals surface area (Å²) in [6.45, 7) is 7.50. The summed E-state index contributed by atoms with van der Waals surface area (Å²) in [5.41, 5.74) is 0. The monoisotopic (exact) mass is 146 g/mol. The van der Waals surface area contributed by atoms with Crippen molar-refractivity contribution >= 4 is 0 Å². The predicted octanol–water partition coefficient (Wildman–Crippen LogP) is 2.67. The number of unbranched alkanes of at least 4 members (excludes halogenated alkanes) is 1. The van der Waals surface area contributed by atoms with E-state index in [1.54, 1.807) is 6.92 Å². The first-order valence-electron chi connectivity index (χ1n) is 3.64. The van der Waals surface area contributed by atoms with Crippen LogP contribution >= 0.6 is 0 Å². The molecule has 0 fully saturated rings. The van der Waals surface area contributed by atoms with Gasteiger partial charge in [0, 0.05) is 6.61 Å². The van der Waals surface area contributed by atoms with E-state index >= 15 is 0 Å². The molecule has 0 saturated carbocycles. The molecule has 60 valence electrons. The molecule has 0 heterocycles. The van der Waals surface area contributed by atoms with Crippen molar-refractivity contribution in [3.05, 3.63) is 12.4 Å². The molecule has 0 saturated heterocycles. The summed E-state index contributed by atoms with van der Waals surface area (Å²) in [6, 6.07) is 0. The van der Waals surface area contributed by atoms with Crippen LogP contribution in [-0.4, -0.2) is 12.7 Å². The number of halogens is 1. The Morgan fingerprint density at radius 1 is 1.70 bits per heavy atom. The van der Waals surface area contributed by atoms with Crippen molar-refractivity contribution in [3.63, 3.8) is 0 Å². The van der Waals surface area contributed by atoms with Crippen molar-refractivity contribution in [1.82, 2.24) is 0 Å². The minimum Gasteiger partial charge on any atom is -0.371 e. The van der Waals surface area contributed by atoms with E-state index < -0.39 is 11.9 Å². The Labute approximate surface area is 61.9 Å². The molecule has 0 amide bonds. The molecule has 1 atom stereocenters. The fraction of sp³-hybridized carbons (Fsp3) is 0.750. The van der Waals surface area contributed by atoms with Gasteiger partial charge in [-0.15, -0.1) is 0 Å². The third-order valence-corrected chi connectivity index (χ3v) is 1.31. The molecule has 0 aromatic rings. The van der Waals surface area contributed by atoms with Crippen molar-refractivity contribution in [1.29, 1.82) is 0 Å². The SMILES string of the molecule is C=C(F)C(C)OCCCC. The quantitative estimate of drug-likeness (QED) is 0.542. The molecule has 0 aliphatic rings. The molecule has 0 aliphatic heterocycles. The number of rotatable bonds is 5. The predicted molar refractivity (Wildman–Crippen MR) is 40.6 cm³/mol. The van der Waals surface area contributed by atoms with Crippen molar-refractivity contribution < 1.29 is 9.13 Å². The lowest BCUT2D eigenvalue weighted by Crippen LogP contribution is -2.08. The highest BCUT2D eigenvalue weighted by Crippen LogP contribution is 2.05. The van der Waals surface area contributed by atoms with Gasteiger partial charge in [0.2, 0.25) is 0 Å². The van der Waals surface area contributed by atoms with Crippen molar-refractivity contribution in [2.75, 3.05) is 6.61 Å². The van der Waals surface area contributed by atoms with Crippen LogP contribution < -0.4 is 0 Å². The number of hydrogen-bond donors (Lipinski definition) is 0. The Bertz CT molecular complexity index is 101. The molecule has 0 rings (SSSR count). The number of hydrogen-bond acceptors (Lipinski definition) is 1. The van der Waals surface area contributed by atoms with E-state index in [4.69, 9.17) is 4.74 Å². The van der Waals surface area contributed by atoms with Crippen LogP contribution in [0.3, 0.4) is 0 Å². The van der Waals surface area contributed by atoms with Crippen LogP contribution in [0.25, 0.3) is 0 Å². The van der Waals surface area contributed by atoms with Crippen LogP contribution in [0.4, 0.5) is 4.39 Å². The van der Waals surface area contributed by atoms with Gasteiger partial charge in [-0.2, -0.15) is 0 Å². The highest BCUT2D eigenvalue weighted by molar-refractivity contribution is 4.87. The van der Waals surface area contributed by atoms with Gasteiger partial charge in [-0.05, 0) is 13.3 Å². The molecule has 0 aromatic heterocycles. The lowest BCUT2D eigenvalue weighted by atomic mass is 10.3. The van der Waals surface area contributed by atoms with Crippen molar-refractivity contribution in [2.24, 2.45) is 0 Å². The lowest BCUT2D eigenvalue weighted by Gasteiger charge is -2.08. The summed E-state index contributed by atoms with van der Waals surface area (Å²) in [7, 11) is 0. The zero-order chi connectivity index (χ0) is 7.98. The molecule has 1 nitrogen and oxygen atoms in total. The van der Waals surface area contributed by atoms with Crippen LogP contribution in [-0.2, 0) is 4.74 Å². The van der Waals surface area contributed by atoms with Gasteiger partial charge in [0.1, 0.15) is 11.9 Å². The van der Waals surface area contributed by atoms with Crippen molar-refractivity contribution in [2.45, 2.75) is 32.8 Å². The summed E-state index contributed by atoms with van der Waals surface area (Å²) in [6.07, 6.45) is 1.62. The summed E-state index contributed by atoms with van der Waals surface area (Å²) >= 11 is 0. The molecular weight excluding hydrogens is 131 g/mol. The second-order valence-electron chi connectivity index (χ2n) is 2.31. The fourth-order valence-corrected chi connectivity index (χ4v) is 0.495. The second kappa shape index (κ2) is 5.42. The summed E-state index contributed by atoms with van der Waals surface area (Å²) < 4.78 is 17.3. The first-order valence-corrected chi connectivity index (χ1v) is 3.64. The van der Waals surface area contributed by atoms with Crippen LogP contribution in [0.2, 0.25) is 0 Å². The Morgan fingerprint density at radius 3 is 2.70 bits per heavy atom. The van der Waals surface area contributed by atoms with E-state index in [-0.39, 0.29) is 0 Å². The third kappa shape index (κ3) is 4.50. The zero-order valence-electron chi connectivity index (χ0n) is 6.69. The standard InChI is InChI=1S/C8H15FO/c1-4-5-6-10-8(3)7(2)9/h8H,2,4-6H2,1,3H3. The zero-order valence-corrected chi connectivity index (χ0v) is 6.69. The normalized spacial score (nSPS) is 13.1. The average Bonchev–Trinajstić information content (AvgIpc) is 1.88. The van der Waals surface area contributed by atoms with Gasteiger partial charge in [0.15, 0.2) is 0 Å². The molecular formula is C8H15FO. The van der Waals surface area contributed by atoms with Gasteiger partial charge in [-0.1, -0.05) is 19.9 Å². The molecule has 0 aromatic carbocycles. The summed E-state index contributed by atoms with van der Waals surface area (Å²) in [4.78, 5) is 0. The van der Waals surface area contributed by atoms with Crippen LogP contribution in [0.1, 0.15) is 26.7 Å². The topological polar surface area (TPSA) is 9.23 Å². The molecule has 2 heteroatoms. The van der Waals surface area contributed by atoms with E-state index in [2.05, 4.69) is 13.5 Å². The smallest absolute Gasteiger partial charge is 0.121 e. The minimum atomic E-state index is -0.438. The van der Waals surface area contributed by atoms with E-state index in [1.165, 1.54) is 0 Å². The maximum absolute atomic E-state index is 12.2. The first kappa shape index (κ1) is 9.63. The maximum atomic E-state index is 12.2. The van der Waals surface area contributed by atoms with Gasteiger partial charge >= 0.3 is 0 Å². The van der Waals surface area contributed by atoms with Crippen molar-refractivity contribution in [3.8, 4) is 0 Å². The number of ether oxygens (including phenoxy) is 1. The van der Waals surface area contributed by atoms with E-state index in [1.807, 2.05) is 0 Å². The van der Waals surface area contributed by atoms with Gasteiger partial charge in [-0.3, -0.25) is 0 Å². The Morgan fingerprint density at radius 2 is 2.30 bits per heavy atom. The third-order valence-electron chi connectivity index (χ3n) is 1.31. The molecule has 0 N–H and O–H groups in total. The Kier molecular flexibility index (Phi) is 5.22. The second-order valence-corrected chi connectivity index (χ2v) is 2.31.